The van der Waals surface area contributed by atoms with Crippen LogP contribution in [0, 0.1) is 13.8 Å². The average molecular weight is 554 g/mol. The molecule has 0 atom stereocenters. The van der Waals surface area contributed by atoms with Crippen LogP contribution < -0.4 is 14.8 Å². The Balaban J connectivity index is 1.39. The number of fused-ring (bicyclic) bond motifs is 1. The number of ether oxygens (including phenoxy) is 1. The molecule has 2 N–H and O–H groups in total. The Morgan fingerprint density at radius 3 is 2.20 bits per heavy atom. The van der Waals surface area contributed by atoms with E-state index in [4.69, 9.17) is 9.72 Å². The van der Waals surface area contributed by atoms with E-state index in [0.717, 1.165) is 11.3 Å². The molecule has 0 unspecified atom stereocenters. The highest BCUT2D eigenvalue weighted by molar-refractivity contribution is 7.92. The SMILES string of the molecule is CCOc1ccc(-c2cc(C(=O)Nc3ccc(S(=O)(=O)Nc4nc(C)cc(C)n4)cc3)c3ccccc3n2)cc1. The summed E-state index contributed by atoms with van der Waals surface area (Å²) in [5, 5.41) is 3.57. The fourth-order valence-electron chi connectivity index (χ4n) is 4.27. The average Bonchev–Trinajstić information content (AvgIpc) is 2.92. The van der Waals surface area contributed by atoms with E-state index < -0.39 is 10.0 Å². The molecule has 0 bridgehead atoms. The van der Waals surface area contributed by atoms with Crippen LogP contribution in [0.5, 0.6) is 5.75 Å². The first kappa shape index (κ1) is 26.8. The van der Waals surface area contributed by atoms with E-state index in [2.05, 4.69) is 20.0 Å². The zero-order valence-corrected chi connectivity index (χ0v) is 23.0. The summed E-state index contributed by atoms with van der Waals surface area (Å²) in [6.45, 7) is 6.02. The highest BCUT2D eigenvalue weighted by Crippen LogP contribution is 2.27. The third kappa shape index (κ3) is 5.92. The van der Waals surface area contributed by atoms with Crippen LogP contribution in [0.4, 0.5) is 11.6 Å². The fraction of sp³-hybridized carbons (Fsp3) is 0.133. The van der Waals surface area contributed by atoms with E-state index in [0.29, 0.717) is 45.8 Å². The van der Waals surface area contributed by atoms with Gasteiger partial charge < -0.3 is 10.1 Å². The number of pyridine rings is 1. The van der Waals surface area contributed by atoms with Gasteiger partial charge in [-0.15, -0.1) is 0 Å². The van der Waals surface area contributed by atoms with Gasteiger partial charge in [0.25, 0.3) is 15.9 Å². The molecule has 3 aromatic carbocycles. The molecular weight excluding hydrogens is 526 g/mol. The van der Waals surface area contributed by atoms with Crippen molar-refractivity contribution in [1.82, 2.24) is 15.0 Å². The van der Waals surface area contributed by atoms with Gasteiger partial charge in [0.05, 0.1) is 28.3 Å². The Morgan fingerprint density at radius 1 is 0.850 bits per heavy atom. The van der Waals surface area contributed by atoms with Crippen LogP contribution in [0.15, 0.2) is 89.8 Å². The molecule has 0 aliphatic rings. The zero-order valence-electron chi connectivity index (χ0n) is 22.2. The lowest BCUT2D eigenvalue weighted by molar-refractivity contribution is 0.102. The monoisotopic (exact) mass is 553 g/mol. The molecule has 0 aliphatic carbocycles. The summed E-state index contributed by atoms with van der Waals surface area (Å²) >= 11 is 0. The number of benzene rings is 3. The first-order chi connectivity index (χ1) is 19.2. The molecule has 0 saturated carbocycles. The molecular formula is C30H27N5O4S. The topological polar surface area (TPSA) is 123 Å². The minimum absolute atomic E-state index is 0.00257. The number of para-hydroxylation sites is 1. The van der Waals surface area contributed by atoms with Gasteiger partial charge in [0.1, 0.15) is 5.75 Å². The fourth-order valence-corrected chi connectivity index (χ4v) is 5.21. The minimum Gasteiger partial charge on any atom is -0.494 e. The maximum atomic E-state index is 13.4. The number of amides is 1. The lowest BCUT2D eigenvalue weighted by Crippen LogP contribution is -2.16. The molecule has 2 aromatic heterocycles. The highest BCUT2D eigenvalue weighted by Gasteiger charge is 2.18. The number of sulfonamides is 1. The van der Waals surface area contributed by atoms with Crippen molar-refractivity contribution in [2.75, 3.05) is 16.6 Å². The largest absolute Gasteiger partial charge is 0.494 e. The van der Waals surface area contributed by atoms with Crippen LogP contribution in [0.1, 0.15) is 28.7 Å². The first-order valence-corrected chi connectivity index (χ1v) is 14.1. The predicted molar refractivity (Wildman–Crippen MR) is 155 cm³/mol. The lowest BCUT2D eigenvalue weighted by Gasteiger charge is -2.12. The van der Waals surface area contributed by atoms with Gasteiger partial charge in [-0.1, -0.05) is 18.2 Å². The molecule has 10 heteroatoms. The summed E-state index contributed by atoms with van der Waals surface area (Å²) in [7, 11) is -3.92. The van der Waals surface area contributed by atoms with Gasteiger partial charge in [0, 0.05) is 28.0 Å². The summed E-state index contributed by atoms with van der Waals surface area (Å²) in [6.07, 6.45) is 0. The second-order valence-electron chi connectivity index (χ2n) is 9.09. The van der Waals surface area contributed by atoms with Crippen molar-refractivity contribution in [3.05, 3.63) is 102 Å². The lowest BCUT2D eigenvalue weighted by atomic mass is 10.0. The molecule has 0 fully saturated rings. The summed E-state index contributed by atoms with van der Waals surface area (Å²) < 4.78 is 33.7. The normalized spacial score (nSPS) is 11.3. The molecule has 5 aromatic rings. The molecule has 1 amide bonds. The van der Waals surface area contributed by atoms with E-state index in [1.807, 2.05) is 55.5 Å². The third-order valence-electron chi connectivity index (χ3n) is 6.05. The van der Waals surface area contributed by atoms with Gasteiger partial charge in [-0.05, 0) is 87.5 Å². The Morgan fingerprint density at radius 2 is 1.52 bits per heavy atom. The van der Waals surface area contributed by atoms with E-state index >= 15 is 0 Å². The molecule has 0 spiro atoms. The molecule has 202 valence electrons. The summed E-state index contributed by atoms with van der Waals surface area (Å²) in [6, 6.07) is 24.4. The van der Waals surface area contributed by atoms with Crippen molar-refractivity contribution in [2.45, 2.75) is 25.7 Å². The van der Waals surface area contributed by atoms with Crippen molar-refractivity contribution in [2.24, 2.45) is 0 Å². The first-order valence-electron chi connectivity index (χ1n) is 12.6. The maximum absolute atomic E-state index is 13.4. The molecule has 0 aliphatic heterocycles. The van der Waals surface area contributed by atoms with Gasteiger partial charge in [-0.3, -0.25) is 4.79 Å². The summed E-state index contributed by atoms with van der Waals surface area (Å²) in [5.74, 6) is 0.415. The quantitative estimate of drug-likeness (QED) is 0.250. The van der Waals surface area contributed by atoms with Crippen molar-refractivity contribution in [3.8, 4) is 17.0 Å². The summed E-state index contributed by atoms with van der Waals surface area (Å²) in [4.78, 5) is 26.5. The van der Waals surface area contributed by atoms with E-state index in [-0.39, 0.29) is 16.8 Å². The Bertz CT molecular complexity index is 1790. The van der Waals surface area contributed by atoms with Crippen molar-refractivity contribution in [1.29, 1.82) is 0 Å². The van der Waals surface area contributed by atoms with Gasteiger partial charge in [0.2, 0.25) is 5.95 Å². The van der Waals surface area contributed by atoms with Crippen LogP contribution in [-0.2, 0) is 10.0 Å². The standard InChI is InChI=1S/C30H27N5O4S/c1-4-39-23-13-9-21(10-14-23)28-18-26(25-7-5-6-8-27(25)34-28)29(36)33-22-11-15-24(16-12-22)40(37,38)35-30-31-19(2)17-20(3)32-30/h5-18H,4H2,1-3H3,(H,33,36)(H,31,32,35). The van der Waals surface area contributed by atoms with E-state index in [9.17, 15) is 13.2 Å². The van der Waals surface area contributed by atoms with Gasteiger partial charge in [-0.2, -0.15) is 0 Å². The van der Waals surface area contributed by atoms with Crippen LogP contribution in [0.3, 0.4) is 0 Å². The Labute approximate surface area is 232 Å². The molecule has 40 heavy (non-hydrogen) atoms. The number of aromatic nitrogens is 3. The third-order valence-corrected chi connectivity index (χ3v) is 7.40. The number of rotatable bonds is 8. The number of anilines is 2. The zero-order chi connectivity index (χ0) is 28.3. The number of carbonyl (C=O) groups excluding carboxylic acids is 1. The number of hydrogen-bond acceptors (Lipinski definition) is 7. The molecule has 5 rings (SSSR count). The predicted octanol–water partition coefficient (Wildman–Crippen LogP) is 5.76. The Hall–Kier alpha value is -4.83. The van der Waals surface area contributed by atoms with E-state index in [1.165, 1.54) is 24.3 Å². The highest BCUT2D eigenvalue weighted by atomic mass is 32.2. The second-order valence-corrected chi connectivity index (χ2v) is 10.8. The van der Waals surface area contributed by atoms with Crippen molar-refractivity contribution in [3.63, 3.8) is 0 Å². The smallest absolute Gasteiger partial charge is 0.264 e. The number of carbonyl (C=O) groups is 1. The van der Waals surface area contributed by atoms with Crippen LogP contribution >= 0.6 is 0 Å². The number of hydrogen-bond donors (Lipinski definition) is 2. The number of nitrogens with one attached hydrogen (secondary N) is 2. The Kier molecular flexibility index (Phi) is 7.43. The van der Waals surface area contributed by atoms with Gasteiger partial charge in [0.15, 0.2) is 0 Å². The maximum Gasteiger partial charge on any atom is 0.264 e. The molecule has 0 radical (unpaired) electrons. The molecule has 2 heterocycles. The molecule has 9 nitrogen and oxygen atoms in total. The van der Waals surface area contributed by atoms with Crippen LogP contribution in [0.2, 0.25) is 0 Å². The van der Waals surface area contributed by atoms with Crippen molar-refractivity contribution >= 4 is 38.5 Å². The number of aryl methyl sites for hydroxylation is 2. The second kappa shape index (κ2) is 11.1. The van der Waals surface area contributed by atoms with E-state index in [1.54, 1.807) is 26.0 Å². The van der Waals surface area contributed by atoms with Gasteiger partial charge >= 0.3 is 0 Å². The van der Waals surface area contributed by atoms with Crippen LogP contribution in [-0.4, -0.2) is 35.9 Å². The van der Waals surface area contributed by atoms with Crippen LogP contribution in [0.25, 0.3) is 22.2 Å². The van der Waals surface area contributed by atoms with Crippen molar-refractivity contribution < 1.29 is 17.9 Å². The molecule has 0 saturated heterocycles. The summed E-state index contributed by atoms with van der Waals surface area (Å²) in [5.41, 5.74) is 4.36. The van der Waals surface area contributed by atoms with Gasteiger partial charge in [-0.25, -0.2) is 28.1 Å². The number of nitrogens with zero attached hydrogens (tertiary/aromatic N) is 3. The minimum atomic E-state index is -3.92.